The molecule has 4 rings (SSSR count). The summed E-state index contributed by atoms with van der Waals surface area (Å²) >= 11 is 0. The zero-order valence-corrected chi connectivity index (χ0v) is 38.1. The predicted molar refractivity (Wildman–Crippen MR) is 241 cm³/mol. The average molecular weight is 1030 g/mol. The van der Waals surface area contributed by atoms with Gasteiger partial charge in [-0.25, -0.2) is 0 Å². The standard InChI is InChI=1S/C30H36N36O8/c31-55-43-7-27(8-44-56-32,9-45-57-33)71-19(67)23-1-24(20(68)72-28(10-46-58-34,11-47-59-35)12-48-60-36)4-25(2-23,21(69)73-29(13-49-61-37,14-50-62-38)15-51-63-39)6-26(3-23,5-24)22(70)74-30(16-52-64-40,17-53-65-41)18-54-66-42/h1-18H2. The van der Waals surface area contributed by atoms with Crippen molar-refractivity contribution in [3.8, 4) is 0 Å². The molecule has 0 aromatic heterocycles. The molecule has 0 spiro atoms. The van der Waals surface area contributed by atoms with Crippen LogP contribution in [-0.2, 0) is 38.1 Å². The fraction of sp³-hybridized carbons (Fsp3) is 0.867. The first-order chi connectivity index (χ1) is 35.5. The third-order valence-electron chi connectivity index (χ3n) is 12.1. The highest BCUT2D eigenvalue weighted by molar-refractivity contribution is 5.92. The molecule has 0 heterocycles. The van der Waals surface area contributed by atoms with Crippen LogP contribution in [0.25, 0.3) is 125 Å². The Labute approximate surface area is 409 Å². The summed E-state index contributed by atoms with van der Waals surface area (Å²) in [6, 6.07) is 0. The molecule has 0 saturated heterocycles. The van der Waals surface area contributed by atoms with Gasteiger partial charge in [-0.15, -0.1) is 0 Å². The Bertz CT molecular complexity index is 2210. The van der Waals surface area contributed by atoms with Gasteiger partial charge >= 0.3 is 23.9 Å². The molecule has 0 atom stereocenters. The van der Waals surface area contributed by atoms with E-state index >= 15 is 19.2 Å². The number of hydrogen-bond acceptors (Lipinski definition) is 20. The van der Waals surface area contributed by atoms with Gasteiger partial charge in [-0.3, -0.25) is 19.2 Å². The number of esters is 4. The summed E-state index contributed by atoms with van der Waals surface area (Å²) < 4.78 is 24.0. The van der Waals surface area contributed by atoms with Crippen molar-refractivity contribution >= 4 is 23.9 Å². The topological polar surface area (TPSA) is 690 Å². The first-order valence-corrected chi connectivity index (χ1v) is 20.5. The molecule has 74 heavy (non-hydrogen) atoms. The number of carbonyl (C=O) groups is 4. The normalized spacial score (nSPS) is 23.2. The molecule has 0 radical (unpaired) electrons. The number of ether oxygens (including phenoxy) is 4. The summed E-state index contributed by atoms with van der Waals surface area (Å²) in [6.07, 6.45) is -4.80. The Morgan fingerprint density at radius 2 is 0.378 bits per heavy atom. The molecule has 384 valence electrons. The smallest absolute Gasteiger partial charge is 0.312 e. The average Bonchev–Trinajstić information content (AvgIpc) is 3.39. The van der Waals surface area contributed by atoms with Gasteiger partial charge in [-0.05, 0) is 105 Å². The molecule has 0 aromatic carbocycles. The van der Waals surface area contributed by atoms with E-state index in [1.165, 1.54) is 0 Å². The maximum absolute atomic E-state index is 15.4. The van der Waals surface area contributed by atoms with E-state index in [9.17, 15) is 66.4 Å². The Kier molecular flexibility index (Phi) is 20.3. The van der Waals surface area contributed by atoms with Crippen LogP contribution in [0.2, 0.25) is 0 Å². The third-order valence-corrected chi connectivity index (χ3v) is 12.1. The number of nitrogens with zero attached hydrogens (tertiary/aromatic N) is 36. The van der Waals surface area contributed by atoms with E-state index < -0.39 is 185 Å². The van der Waals surface area contributed by atoms with Gasteiger partial charge in [-0.1, -0.05) is 61.4 Å². The Morgan fingerprint density at radius 1 is 0.270 bits per heavy atom. The summed E-state index contributed by atoms with van der Waals surface area (Å²) in [5, 5.41) is 41.1. The zero-order valence-electron chi connectivity index (χ0n) is 38.1. The molecule has 44 nitrogen and oxygen atoms in total. The van der Waals surface area contributed by atoms with Crippen LogP contribution in [0.4, 0.5) is 0 Å². The van der Waals surface area contributed by atoms with Crippen LogP contribution in [0.5, 0.6) is 0 Å². The number of hydrogen-bond donors (Lipinski definition) is 0. The van der Waals surface area contributed by atoms with Crippen LogP contribution < -0.4 is 0 Å². The molecule has 0 aromatic rings. The van der Waals surface area contributed by atoms with Crippen LogP contribution in [0.3, 0.4) is 0 Å². The largest absolute Gasteiger partial charge is 0.458 e. The van der Waals surface area contributed by atoms with Crippen LogP contribution in [0, 0.1) is 21.7 Å². The highest BCUT2D eigenvalue weighted by Gasteiger charge is 2.78. The maximum atomic E-state index is 15.4. The molecule has 4 saturated carbocycles. The van der Waals surface area contributed by atoms with E-state index in [1.807, 2.05) is 0 Å². The van der Waals surface area contributed by atoms with Crippen LogP contribution in [0.1, 0.15) is 38.5 Å². The number of carbonyl (C=O) groups excluding carboxylic acids is 4. The van der Waals surface area contributed by atoms with E-state index in [0.717, 1.165) is 0 Å². The highest BCUT2D eigenvalue weighted by atomic mass is 16.6. The molecule has 44 heteroatoms. The van der Waals surface area contributed by atoms with Crippen molar-refractivity contribution in [2.45, 2.75) is 60.9 Å². The lowest BCUT2D eigenvalue weighted by atomic mass is 9.35. The van der Waals surface area contributed by atoms with Crippen molar-refractivity contribution in [1.29, 1.82) is 0 Å². The predicted octanol–water partition coefficient (Wildman–Crippen LogP) is 9.16. The van der Waals surface area contributed by atoms with Crippen LogP contribution >= 0.6 is 0 Å². The lowest BCUT2D eigenvalue weighted by Gasteiger charge is -2.67. The van der Waals surface area contributed by atoms with Gasteiger partial charge in [0.25, 0.3) is 0 Å². The summed E-state index contributed by atoms with van der Waals surface area (Å²) in [5.74, 6) is -5.86. The van der Waals surface area contributed by atoms with E-state index in [4.69, 9.17) is 18.9 Å². The first-order valence-electron chi connectivity index (χ1n) is 20.5. The second-order valence-electron chi connectivity index (χ2n) is 17.1. The summed E-state index contributed by atoms with van der Waals surface area (Å²) in [6.45, 7) is -10.8. The minimum absolute atomic E-state index is 0.800. The molecule has 0 aliphatic heterocycles. The molecule has 0 N–H and O–H groups in total. The maximum Gasteiger partial charge on any atom is 0.312 e. The van der Waals surface area contributed by atoms with Gasteiger partial charge in [0.05, 0.1) is 100 Å². The molecule has 4 aliphatic carbocycles. The van der Waals surface area contributed by atoms with E-state index in [1.54, 1.807) is 0 Å². The summed E-state index contributed by atoms with van der Waals surface area (Å²) in [5.41, 5.74) is 92.6. The van der Waals surface area contributed by atoms with Gasteiger partial charge in [0.15, 0.2) is 0 Å². The van der Waals surface area contributed by atoms with Crippen molar-refractivity contribution in [2.75, 3.05) is 78.5 Å². The second-order valence-corrected chi connectivity index (χ2v) is 17.1. The minimum Gasteiger partial charge on any atom is -0.458 e. The minimum atomic E-state index is -2.44. The molecule has 0 amide bonds. The van der Waals surface area contributed by atoms with E-state index in [2.05, 4.69) is 120 Å². The fourth-order valence-electron chi connectivity index (χ4n) is 9.64. The SMILES string of the molecule is [N-]=[N+]=NCC(CN=[N+]=[N-])(CN=[N+]=[N-])OC(=O)C12CC3(C(=O)OC(CN=[N+]=[N-])(CN=[N+]=[N-])CN=[N+]=[N-])CC(C(=O)OC(CN=[N+]=[N-])(CN=[N+]=[N-])CN=[N+]=[N-])(C1)CC(C(=O)OC(CN=[N+]=[N-])(CN=[N+]=[N-])CN=[N+]=[N-])(C2)C3. The Morgan fingerprint density at radius 3 is 0.473 bits per heavy atom. The van der Waals surface area contributed by atoms with Crippen LogP contribution in [0.15, 0.2) is 61.4 Å². The van der Waals surface area contributed by atoms with Crippen molar-refractivity contribution in [1.82, 2.24) is 0 Å². The van der Waals surface area contributed by atoms with E-state index in [0.29, 0.717) is 0 Å². The van der Waals surface area contributed by atoms with Gasteiger partial charge in [-0.2, -0.15) is 0 Å². The van der Waals surface area contributed by atoms with Crippen molar-refractivity contribution in [2.24, 2.45) is 83.0 Å². The lowest BCUT2D eigenvalue weighted by Crippen LogP contribution is -2.71. The summed E-state index contributed by atoms with van der Waals surface area (Å²) in [4.78, 5) is 93.5. The molecular weight excluding hydrogens is 993 g/mol. The first kappa shape index (κ1) is 57.9. The summed E-state index contributed by atoms with van der Waals surface area (Å²) in [7, 11) is 0. The van der Waals surface area contributed by atoms with Gasteiger partial charge in [0, 0.05) is 58.9 Å². The van der Waals surface area contributed by atoms with Crippen molar-refractivity contribution in [3.63, 3.8) is 0 Å². The number of azide groups is 12. The molecular formula is C30H36N36O8. The third kappa shape index (κ3) is 13.5. The Balaban J connectivity index is 2.66. The molecule has 4 fully saturated rings. The van der Waals surface area contributed by atoms with Gasteiger partial charge < -0.3 is 18.9 Å². The quantitative estimate of drug-likeness (QED) is 0.0205. The molecule has 4 aliphatic rings. The van der Waals surface area contributed by atoms with Gasteiger partial charge in [0.1, 0.15) is 22.4 Å². The van der Waals surface area contributed by atoms with Gasteiger partial charge in [0.2, 0.25) is 0 Å². The second kappa shape index (κ2) is 26.0. The number of rotatable bonds is 32. The monoisotopic (exact) mass is 1030 g/mol. The Hall–Kier alpha value is -10.4. The van der Waals surface area contributed by atoms with Crippen molar-refractivity contribution < 1.29 is 38.1 Å². The van der Waals surface area contributed by atoms with Crippen molar-refractivity contribution in [3.05, 3.63) is 125 Å². The highest BCUT2D eigenvalue weighted by Crippen LogP contribution is 2.75. The lowest BCUT2D eigenvalue weighted by molar-refractivity contribution is -0.247. The molecule has 0 unspecified atom stereocenters. The van der Waals surface area contributed by atoms with E-state index in [-0.39, 0.29) is 0 Å². The van der Waals surface area contributed by atoms with Crippen LogP contribution in [-0.4, -0.2) is 125 Å². The fourth-order valence-corrected chi connectivity index (χ4v) is 9.64. The zero-order chi connectivity index (χ0) is 54.8. The molecule has 4 bridgehead atoms.